The summed E-state index contributed by atoms with van der Waals surface area (Å²) in [6.45, 7) is 7.06. The third-order valence-electron chi connectivity index (χ3n) is 10.6. The van der Waals surface area contributed by atoms with Gasteiger partial charge in [0, 0.05) is 19.0 Å². The molecule has 1 saturated heterocycles. The van der Waals surface area contributed by atoms with Crippen molar-refractivity contribution >= 4 is 5.91 Å². The molecule has 176 valence electrons. The summed E-state index contributed by atoms with van der Waals surface area (Å²) < 4.78 is 0. The van der Waals surface area contributed by atoms with Crippen LogP contribution < -0.4 is 0 Å². The molecule has 1 amide bonds. The van der Waals surface area contributed by atoms with Gasteiger partial charge in [-0.05, 0) is 105 Å². The monoisotopic (exact) mass is 435 g/mol. The van der Waals surface area contributed by atoms with Gasteiger partial charge < -0.3 is 4.90 Å². The minimum Gasteiger partial charge on any atom is -0.342 e. The molecular formula is C30H45NO. The van der Waals surface area contributed by atoms with Gasteiger partial charge in [-0.3, -0.25) is 4.79 Å². The van der Waals surface area contributed by atoms with E-state index in [-0.39, 0.29) is 0 Å². The van der Waals surface area contributed by atoms with E-state index in [1.165, 1.54) is 70.6 Å². The zero-order chi connectivity index (χ0) is 22.1. The Balaban J connectivity index is 0.000000314. The van der Waals surface area contributed by atoms with E-state index in [1.807, 2.05) is 36.4 Å². The second-order valence-corrected chi connectivity index (χ2v) is 12.2. The fourth-order valence-electron chi connectivity index (χ4n) is 9.04. The highest BCUT2D eigenvalue weighted by Gasteiger charge is 2.58. The lowest BCUT2D eigenvalue weighted by Crippen LogP contribution is -2.50. The van der Waals surface area contributed by atoms with Crippen molar-refractivity contribution in [3.05, 3.63) is 36.4 Å². The smallest absolute Gasteiger partial charge is 0.226 e. The predicted molar refractivity (Wildman–Crippen MR) is 132 cm³/mol. The quantitative estimate of drug-likeness (QED) is 0.457. The number of likely N-dealkylation sites (tertiary alicyclic amines) is 1. The standard InChI is InChI=1S/C24H39NO.C6H6/c1-16-5-7-18-17(15-16)6-8-20-19(18)11-12-24(2)21(20)9-10-22(24)23(26)25-13-3-4-14-25;1-2-4-6-5-3-1/h16-22H,3-15H2,1-2H3;1-6H. The highest BCUT2D eigenvalue weighted by molar-refractivity contribution is 5.80. The molecule has 4 aliphatic carbocycles. The van der Waals surface area contributed by atoms with Crippen LogP contribution >= 0.6 is 0 Å². The van der Waals surface area contributed by atoms with Crippen LogP contribution in [0.25, 0.3) is 0 Å². The molecule has 0 bridgehead atoms. The maximum absolute atomic E-state index is 13.3. The van der Waals surface area contributed by atoms with Gasteiger partial charge in [-0.15, -0.1) is 0 Å². The summed E-state index contributed by atoms with van der Waals surface area (Å²) >= 11 is 0. The van der Waals surface area contributed by atoms with E-state index in [9.17, 15) is 4.79 Å². The molecule has 4 saturated carbocycles. The number of hydrogen-bond donors (Lipinski definition) is 0. The maximum atomic E-state index is 13.3. The molecule has 2 heteroatoms. The molecule has 1 aromatic carbocycles. The summed E-state index contributed by atoms with van der Waals surface area (Å²) in [5, 5.41) is 0. The van der Waals surface area contributed by atoms with E-state index >= 15 is 0 Å². The van der Waals surface area contributed by atoms with Crippen LogP contribution in [0.3, 0.4) is 0 Å². The molecule has 5 aliphatic rings. The maximum Gasteiger partial charge on any atom is 0.226 e. The fourth-order valence-corrected chi connectivity index (χ4v) is 9.04. The van der Waals surface area contributed by atoms with Gasteiger partial charge in [0.1, 0.15) is 0 Å². The van der Waals surface area contributed by atoms with Crippen LogP contribution in [0.4, 0.5) is 0 Å². The number of carbonyl (C=O) groups excluding carboxylic acids is 1. The Bertz CT molecular complexity index is 729. The number of hydrogen-bond acceptors (Lipinski definition) is 1. The first kappa shape index (κ1) is 22.5. The van der Waals surface area contributed by atoms with Gasteiger partial charge in [0.25, 0.3) is 0 Å². The number of fused-ring (bicyclic) bond motifs is 5. The zero-order valence-corrected chi connectivity index (χ0v) is 20.6. The first-order valence-electron chi connectivity index (χ1n) is 13.9. The van der Waals surface area contributed by atoms with Crippen LogP contribution in [0.1, 0.15) is 84.5 Å². The van der Waals surface area contributed by atoms with Crippen LogP contribution in [-0.2, 0) is 4.79 Å². The van der Waals surface area contributed by atoms with Gasteiger partial charge in [-0.1, -0.05) is 56.7 Å². The molecule has 8 atom stereocenters. The Morgan fingerprint density at radius 3 is 2.12 bits per heavy atom. The Morgan fingerprint density at radius 1 is 0.781 bits per heavy atom. The topological polar surface area (TPSA) is 20.3 Å². The normalized spacial score (nSPS) is 42.8. The molecule has 8 unspecified atom stereocenters. The summed E-state index contributed by atoms with van der Waals surface area (Å²) in [6, 6.07) is 12.0. The Labute approximate surface area is 196 Å². The van der Waals surface area contributed by atoms with Crippen molar-refractivity contribution in [3.63, 3.8) is 0 Å². The van der Waals surface area contributed by atoms with Gasteiger partial charge in [0.2, 0.25) is 5.91 Å². The molecule has 2 nitrogen and oxygen atoms in total. The Morgan fingerprint density at radius 2 is 1.44 bits per heavy atom. The molecule has 1 aromatic rings. The van der Waals surface area contributed by atoms with Crippen molar-refractivity contribution in [2.75, 3.05) is 13.1 Å². The van der Waals surface area contributed by atoms with E-state index in [4.69, 9.17) is 0 Å². The van der Waals surface area contributed by atoms with E-state index in [0.717, 1.165) is 48.6 Å². The van der Waals surface area contributed by atoms with Gasteiger partial charge in [-0.2, -0.15) is 0 Å². The van der Waals surface area contributed by atoms with E-state index in [2.05, 4.69) is 18.7 Å². The first-order valence-corrected chi connectivity index (χ1v) is 13.9. The summed E-state index contributed by atoms with van der Waals surface area (Å²) in [5.74, 6) is 6.70. The Kier molecular flexibility index (Phi) is 6.68. The molecule has 0 N–H and O–H groups in total. The highest BCUT2D eigenvalue weighted by Crippen LogP contribution is 2.64. The Hall–Kier alpha value is -1.31. The van der Waals surface area contributed by atoms with E-state index in [0.29, 0.717) is 17.2 Å². The summed E-state index contributed by atoms with van der Waals surface area (Å²) in [4.78, 5) is 15.5. The lowest BCUT2D eigenvalue weighted by Gasteiger charge is -2.56. The lowest BCUT2D eigenvalue weighted by atomic mass is 9.49. The van der Waals surface area contributed by atoms with Gasteiger partial charge >= 0.3 is 0 Å². The average molecular weight is 436 g/mol. The number of nitrogens with zero attached hydrogens (tertiary/aromatic N) is 1. The molecule has 1 aliphatic heterocycles. The third kappa shape index (κ3) is 4.16. The summed E-state index contributed by atoms with van der Waals surface area (Å²) in [7, 11) is 0. The van der Waals surface area contributed by atoms with Crippen LogP contribution in [0.5, 0.6) is 0 Å². The number of benzene rings is 1. The van der Waals surface area contributed by atoms with E-state index in [1.54, 1.807) is 0 Å². The molecule has 5 fully saturated rings. The third-order valence-corrected chi connectivity index (χ3v) is 10.6. The largest absolute Gasteiger partial charge is 0.342 e. The van der Waals surface area contributed by atoms with Gasteiger partial charge in [0.05, 0.1) is 0 Å². The minimum absolute atomic E-state index is 0.315. The molecule has 0 spiro atoms. The molecule has 0 aromatic heterocycles. The number of carbonyl (C=O) groups is 1. The lowest BCUT2D eigenvalue weighted by molar-refractivity contribution is -0.142. The van der Waals surface area contributed by atoms with Crippen LogP contribution in [0.15, 0.2) is 36.4 Å². The summed E-state index contributed by atoms with van der Waals surface area (Å²) in [6.07, 6.45) is 15.2. The highest BCUT2D eigenvalue weighted by atomic mass is 16.2. The van der Waals surface area contributed by atoms with Crippen LogP contribution in [-0.4, -0.2) is 23.9 Å². The molecule has 1 heterocycles. The van der Waals surface area contributed by atoms with Gasteiger partial charge in [0.15, 0.2) is 0 Å². The molecule has 6 rings (SSSR count). The number of rotatable bonds is 1. The second-order valence-electron chi connectivity index (χ2n) is 12.2. The van der Waals surface area contributed by atoms with Crippen LogP contribution in [0, 0.1) is 46.8 Å². The zero-order valence-electron chi connectivity index (χ0n) is 20.6. The van der Waals surface area contributed by atoms with Crippen molar-refractivity contribution in [1.29, 1.82) is 0 Å². The van der Waals surface area contributed by atoms with Crippen molar-refractivity contribution < 1.29 is 4.79 Å². The van der Waals surface area contributed by atoms with Crippen molar-refractivity contribution in [3.8, 4) is 0 Å². The fraction of sp³-hybridized carbons (Fsp3) is 0.767. The second kappa shape index (κ2) is 9.51. The number of amides is 1. The SMILES string of the molecule is CC1CCC2C(CCC3C2CCC2(C)C(C(=O)N4CCCC4)CCC32)C1.c1ccccc1. The average Bonchev–Trinajstić information content (AvgIpc) is 3.48. The first-order chi connectivity index (χ1) is 15.6. The summed E-state index contributed by atoms with van der Waals surface area (Å²) in [5.41, 5.74) is 0.315. The van der Waals surface area contributed by atoms with Gasteiger partial charge in [-0.25, -0.2) is 0 Å². The van der Waals surface area contributed by atoms with Crippen molar-refractivity contribution in [1.82, 2.24) is 4.90 Å². The minimum atomic E-state index is 0.315. The molecule has 32 heavy (non-hydrogen) atoms. The molecular weight excluding hydrogens is 390 g/mol. The molecule has 0 radical (unpaired) electrons. The predicted octanol–water partition coefficient (Wildman–Crippen LogP) is 7.20. The van der Waals surface area contributed by atoms with E-state index < -0.39 is 0 Å². The van der Waals surface area contributed by atoms with Crippen molar-refractivity contribution in [2.24, 2.45) is 46.8 Å². The van der Waals surface area contributed by atoms with Crippen molar-refractivity contribution in [2.45, 2.75) is 84.5 Å². The van der Waals surface area contributed by atoms with Crippen LogP contribution in [0.2, 0.25) is 0 Å².